The van der Waals surface area contributed by atoms with Crippen LogP contribution in [0.3, 0.4) is 0 Å². The minimum atomic E-state index is -1.29. The van der Waals surface area contributed by atoms with Gasteiger partial charge in [-0.05, 0) is 32.4 Å². The van der Waals surface area contributed by atoms with Crippen molar-refractivity contribution < 1.29 is 32.7 Å². The second-order valence-electron chi connectivity index (χ2n) is 6.26. The fraction of sp³-hybridized carbons (Fsp3) is 0.412. The molecule has 1 heterocycles. The van der Waals surface area contributed by atoms with Crippen LogP contribution in [0.2, 0.25) is 0 Å². The zero-order chi connectivity index (χ0) is 20.4. The first-order chi connectivity index (χ1) is 12.6. The average Bonchev–Trinajstić information content (AvgIpc) is 2.82. The van der Waals surface area contributed by atoms with Gasteiger partial charge >= 0.3 is 12.0 Å². The second kappa shape index (κ2) is 7.68. The number of hydrogen-bond donors (Lipinski definition) is 2. The molecule has 0 spiro atoms. The predicted octanol–water partition coefficient (Wildman–Crippen LogP) is 1.56. The summed E-state index contributed by atoms with van der Waals surface area (Å²) in [5, 5.41) is 4.75. The van der Waals surface area contributed by atoms with E-state index < -0.39 is 53.6 Å². The molecule has 0 aromatic heterocycles. The van der Waals surface area contributed by atoms with Gasteiger partial charge in [-0.2, -0.15) is 0 Å². The smallest absolute Gasteiger partial charge is 0.327 e. The van der Waals surface area contributed by atoms with Crippen molar-refractivity contribution in [1.82, 2.24) is 10.2 Å². The molecule has 2 N–H and O–H groups in total. The van der Waals surface area contributed by atoms with Crippen LogP contribution in [0.25, 0.3) is 0 Å². The number of hydrogen-bond acceptors (Lipinski definition) is 5. The maximum Gasteiger partial charge on any atom is 0.327 e. The quantitative estimate of drug-likeness (QED) is 0.573. The lowest BCUT2D eigenvalue weighted by Crippen LogP contribution is -2.44. The molecule has 10 heteroatoms. The lowest BCUT2D eigenvalue weighted by atomic mass is 9.99. The monoisotopic (exact) mass is 383 g/mol. The Labute approximate surface area is 153 Å². The molecule has 1 aromatic rings. The van der Waals surface area contributed by atoms with Gasteiger partial charge in [0.15, 0.2) is 17.7 Å². The van der Waals surface area contributed by atoms with Gasteiger partial charge in [-0.1, -0.05) is 6.92 Å². The van der Waals surface area contributed by atoms with E-state index in [0.717, 1.165) is 18.2 Å². The third kappa shape index (κ3) is 4.39. The summed E-state index contributed by atoms with van der Waals surface area (Å²) in [4.78, 5) is 48.7. The Hall–Kier alpha value is -3.04. The van der Waals surface area contributed by atoms with E-state index in [9.17, 15) is 28.0 Å². The molecule has 2 rings (SSSR count). The summed E-state index contributed by atoms with van der Waals surface area (Å²) >= 11 is 0. The molecule has 1 aliphatic heterocycles. The van der Waals surface area contributed by atoms with Crippen LogP contribution >= 0.6 is 0 Å². The van der Waals surface area contributed by atoms with E-state index >= 15 is 0 Å². The summed E-state index contributed by atoms with van der Waals surface area (Å²) < 4.78 is 30.9. The number of halogens is 2. The summed E-state index contributed by atoms with van der Waals surface area (Å²) in [6.07, 6.45) is -0.945. The summed E-state index contributed by atoms with van der Waals surface area (Å²) in [5.41, 5.74) is -1.11. The Bertz CT molecular complexity index is 801. The third-order valence-corrected chi connectivity index (χ3v) is 4.20. The summed E-state index contributed by atoms with van der Waals surface area (Å²) in [6, 6.07) is 2.04. The van der Waals surface area contributed by atoms with Crippen molar-refractivity contribution in [2.24, 2.45) is 0 Å². The third-order valence-electron chi connectivity index (χ3n) is 4.20. The molecule has 1 saturated heterocycles. The zero-order valence-electron chi connectivity index (χ0n) is 15.0. The van der Waals surface area contributed by atoms with Crippen molar-refractivity contribution in [3.63, 3.8) is 0 Å². The molecular formula is C17H19F2N3O5. The molecule has 4 amide bonds. The number of amides is 4. The highest BCUT2D eigenvalue weighted by Gasteiger charge is 2.47. The highest BCUT2D eigenvalue weighted by molar-refractivity contribution is 6.08. The number of nitrogens with one attached hydrogen (secondary N) is 2. The molecule has 8 nitrogen and oxygen atoms in total. The second-order valence-corrected chi connectivity index (χ2v) is 6.26. The minimum Gasteiger partial charge on any atom is -0.451 e. The molecule has 1 fully saturated rings. The van der Waals surface area contributed by atoms with Gasteiger partial charge in [0, 0.05) is 11.8 Å². The predicted molar refractivity (Wildman–Crippen MR) is 89.5 cm³/mol. The van der Waals surface area contributed by atoms with Gasteiger partial charge in [0.2, 0.25) is 0 Å². The Balaban J connectivity index is 1.93. The number of benzene rings is 1. The number of nitrogens with zero attached hydrogens (tertiary/aromatic N) is 1. The topological polar surface area (TPSA) is 105 Å². The Kier molecular flexibility index (Phi) is 5.77. The van der Waals surface area contributed by atoms with Crippen molar-refractivity contribution in [2.75, 3.05) is 11.9 Å². The first kappa shape index (κ1) is 20.3. The van der Waals surface area contributed by atoms with Crippen LogP contribution in [-0.4, -0.2) is 46.9 Å². The molecule has 146 valence electrons. The number of carbonyl (C=O) groups is 4. The van der Waals surface area contributed by atoms with Gasteiger partial charge in [-0.25, -0.2) is 13.6 Å². The van der Waals surface area contributed by atoms with E-state index in [1.54, 1.807) is 6.92 Å². The molecular weight excluding hydrogens is 364 g/mol. The molecule has 1 aromatic carbocycles. The standard InChI is InChI=1S/C17H19F2N3O5/c1-4-17(3)15(25)22(16(26)21-17)8-13(23)27-9(2)14(24)20-10-5-6-11(18)12(19)7-10/h5-7,9H,4,8H2,1-3H3,(H,20,24)(H,21,26)/t9-,17+/m0/s1. The number of anilines is 1. The van der Waals surface area contributed by atoms with E-state index in [4.69, 9.17) is 4.74 Å². The van der Waals surface area contributed by atoms with Gasteiger partial charge in [0.1, 0.15) is 12.1 Å². The van der Waals surface area contributed by atoms with Crippen molar-refractivity contribution in [1.29, 1.82) is 0 Å². The number of esters is 1. The van der Waals surface area contributed by atoms with Crippen LogP contribution in [0.5, 0.6) is 0 Å². The molecule has 0 bridgehead atoms. The summed E-state index contributed by atoms with van der Waals surface area (Å²) in [7, 11) is 0. The molecule has 0 radical (unpaired) electrons. The number of ether oxygens (including phenoxy) is 1. The normalized spacial score (nSPS) is 20.3. The maximum atomic E-state index is 13.1. The SMILES string of the molecule is CC[C@@]1(C)NC(=O)N(CC(=O)O[C@@H](C)C(=O)Nc2ccc(F)c(F)c2)C1=O. The van der Waals surface area contributed by atoms with E-state index in [1.807, 2.05) is 0 Å². The van der Waals surface area contributed by atoms with Crippen LogP contribution in [0, 0.1) is 11.6 Å². The highest BCUT2D eigenvalue weighted by Crippen LogP contribution is 2.20. The van der Waals surface area contributed by atoms with Crippen LogP contribution in [-0.2, 0) is 19.1 Å². The Morgan fingerprint density at radius 3 is 2.52 bits per heavy atom. The molecule has 27 heavy (non-hydrogen) atoms. The molecule has 1 aliphatic rings. The van der Waals surface area contributed by atoms with Crippen LogP contribution in [0.4, 0.5) is 19.3 Å². The average molecular weight is 383 g/mol. The Morgan fingerprint density at radius 1 is 1.30 bits per heavy atom. The van der Waals surface area contributed by atoms with E-state index in [1.165, 1.54) is 13.8 Å². The fourth-order valence-corrected chi connectivity index (χ4v) is 2.37. The zero-order valence-corrected chi connectivity index (χ0v) is 15.0. The molecule has 0 saturated carbocycles. The first-order valence-electron chi connectivity index (χ1n) is 8.17. The molecule has 2 atom stereocenters. The highest BCUT2D eigenvalue weighted by atomic mass is 19.2. The number of rotatable bonds is 6. The summed E-state index contributed by atoms with van der Waals surface area (Å²) in [5.74, 6) is -4.53. The maximum absolute atomic E-state index is 13.1. The van der Waals surface area contributed by atoms with Crippen LogP contribution < -0.4 is 10.6 Å². The van der Waals surface area contributed by atoms with E-state index in [0.29, 0.717) is 11.3 Å². The van der Waals surface area contributed by atoms with Crippen molar-refractivity contribution in [2.45, 2.75) is 38.8 Å². The van der Waals surface area contributed by atoms with Crippen molar-refractivity contribution >= 4 is 29.5 Å². The van der Waals surface area contributed by atoms with E-state index in [2.05, 4.69) is 10.6 Å². The van der Waals surface area contributed by atoms with Gasteiger partial charge in [0.05, 0.1) is 0 Å². The number of imide groups is 1. The van der Waals surface area contributed by atoms with Crippen LogP contribution in [0.1, 0.15) is 27.2 Å². The first-order valence-corrected chi connectivity index (χ1v) is 8.17. The molecule has 0 unspecified atom stereocenters. The lowest BCUT2D eigenvalue weighted by molar-refractivity contribution is -0.155. The Morgan fingerprint density at radius 2 is 1.96 bits per heavy atom. The number of urea groups is 1. The van der Waals surface area contributed by atoms with Gasteiger partial charge in [-0.3, -0.25) is 19.3 Å². The van der Waals surface area contributed by atoms with Gasteiger partial charge in [-0.15, -0.1) is 0 Å². The van der Waals surface area contributed by atoms with Crippen molar-refractivity contribution in [3.8, 4) is 0 Å². The minimum absolute atomic E-state index is 0.0189. The number of carbonyl (C=O) groups excluding carboxylic acids is 4. The van der Waals surface area contributed by atoms with Gasteiger partial charge < -0.3 is 15.4 Å². The van der Waals surface area contributed by atoms with Crippen LogP contribution in [0.15, 0.2) is 18.2 Å². The van der Waals surface area contributed by atoms with Crippen molar-refractivity contribution in [3.05, 3.63) is 29.8 Å². The van der Waals surface area contributed by atoms with E-state index in [-0.39, 0.29) is 5.69 Å². The van der Waals surface area contributed by atoms with Gasteiger partial charge in [0.25, 0.3) is 11.8 Å². The lowest BCUT2D eigenvalue weighted by Gasteiger charge is -2.19. The summed E-state index contributed by atoms with van der Waals surface area (Å²) in [6.45, 7) is 3.86. The molecule has 0 aliphatic carbocycles. The fourth-order valence-electron chi connectivity index (χ4n) is 2.37. The largest absolute Gasteiger partial charge is 0.451 e.